The van der Waals surface area contributed by atoms with E-state index in [-0.39, 0.29) is 5.56 Å². The molecule has 0 amide bonds. The Balaban J connectivity index is 1.74. The molecular weight excluding hydrogens is 294 g/mol. The van der Waals surface area contributed by atoms with Gasteiger partial charge in [-0.25, -0.2) is 0 Å². The first kappa shape index (κ1) is 15.4. The molecule has 0 radical (unpaired) electrons. The molecule has 2 atom stereocenters. The number of aromatic amines is 1. The van der Waals surface area contributed by atoms with Crippen LogP contribution in [0, 0.1) is 4.77 Å². The van der Waals surface area contributed by atoms with E-state index in [4.69, 9.17) is 12.2 Å². The van der Waals surface area contributed by atoms with Gasteiger partial charge in [0, 0.05) is 13.0 Å². The molecule has 1 saturated heterocycles. The fraction of sp³-hybridized carbons (Fsp3) is 0.529. The number of H-pyrrole nitrogens is 1. The van der Waals surface area contributed by atoms with Gasteiger partial charge in [0.05, 0.1) is 30.0 Å². The van der Waals surface area contributed by atoms with Crippen LogP contribution in [-0.2, 0) is 6.54 Å². The molecule has 2 N–H and O–H groups in total. The third-order valence-corrected chi connectivity index (χ3v) is 5.17. The van der Waals surface area contributed by atoms with Crippen LogP contribution < -0.4 is 10.5 Å². The van der Waals surface area contributed by atoms with Crippen molar-refractivity contribution in [3.05, 3.63) is 39.4 Å². The number of hydrogen-bond donors (Lipinski definition) is 2. The molecule has 0 aliphatic carbocycles. The monoisotopic (exact) mass is 318 g/mol. The Hall–Kier alpha value is -1.46. The summed E-state index contributed by atoms with van der Waals surface area (Å²) in [7, 11) is 0. The van der Waals surface area contributed by atoms with Crippen LogP contribution in [0.4, 0.5) is 0 Å². The second kappa shape index (κ2) is 6.75. The van der Waals surface area contributed by atoms with E-state index in [1.54, 1.807) is 9.47 Å². The number of para-hydroxylation sites is 1. The molecule has 2 aromatic rings. The Bertz CT molecular complexity index is 764. The van der Waals surface area contributed by atoms with Crippen LogP contribution >= 0.6 is 12.2 Å². The van der Waals surface area contributed by atoms with Crippen molar-refractivity contribution in [2.75, 3.05) is 13.1 Å². The highest BCUT2D eigenvalue weighted by Crippen LogP contribution is 2.06. The average molecular weight is 318 g/mol. The summed E-state index contributed by atoms with van der Waals surface area (Å²) in [6.07, 6.45) is 5.01. The fourth-order valence-corrected chi connectivity index (χ4v) is 3.77. The van der Waals surface area contributed by atoms with Gasteiger partial charge >= 0.3 is 0 Å². The number of nitrogens with one attached hydrogen (secondary N) is 2. The molecule has 1 fully saturated rings. The summed E-state index contributed by atoms with van der Waals surface area (Å²) < 4.78 is 2.25. The maximum atomic E-state index is 12.6. The molecule has 1 aromatic carbocycles. The predicted octanol–water partition coefficient (Wildman–Crippen LogP) is 1.91. The molecule has 5 heteroatoms. The maximum absolute atomic E-state index is 12.6. The van der Waals surface area contributed by atoms with Crippen LogP contribution in [0.5, 0.6) is 0 Å². The van der Waals surface area contributed by atoms with Crippen molar-refractivity contribution in [3.8, 4) is 0 Å². The third-order valence-electron chi connectivity index (χ3n) is 4.85. The second-order valence-electron chi connectivity index (χ2n) is 6.34. The summed E-state index contributed by atoms with van der Waals surface area (Å²) in [5.74, 6) is 0. The number of piperidine rings is 1. The van der Waals surface area contributed by atoms with E-state index < -0.39 is 0 Å². The first-order chi connectivity index (χ1) is 10.7. The Morgan fingerprint density at radius 1 is 1.36 bits per heavy atom. The molecule has 1 unspecified atom stereocenters. The zero-order valence-corrected chi connectivity index (χ0v) is 13.9. The van der Waals surface area contributed by atoms with Crippen LogP contribution in [0.1, 0.15) is 32.6 Å². The molecule has 0 spiro atoms. The van der Waals surface area contributed by atoms with Crippen molar-refractivity contribution >= 4 is 23.1 Å². The summed E-state index contributed by atoms with van der Waals surface area (Å²) in [5, 5.41) is 0.717. The van der Waals surface area contributed by atoms with Crippen molar-refractivity contribution in [1.82, 2.24) is 9.55 Å². The predicted molar refractivity (Wildman–Crippen MR) is 92.0 cm³/mol. The van der Waals surface area contributed by atoms with Gasteiger partial charge in [-0.3, -0.25) is 9.36 Å². The number of aromatic nitrogens is 2. The van der Waals surface area contributed by atoms with Gasteiger partial charge < -0.3 is 9.88 Å². The molecule has 1 aliphatic rings. The van der Waals surface area contributed by atoms with Crippen LogP contribution in [0.25, 0.3) is 10.9 Å². The highest BCUT2D eigenvalue weighted by molar-refractivity contribution is 7.71. The molecule has 1 aromatic heterocycles. The molecule has 0 saturated carbocycles. The van der Waals surface area contributed by atoms with Crippen molar-refractivity contribution in [1.29, 1.82) is 0 Å². The number of rotatable bonds is 4. The average Bonchev–Trinajstić information content (AvgIpc) is 2.52. The minimum Gasteiger partial charge on any atom is -0.333 e. The largest absolute Gasteiger partial charge is 0.333 e. The Kier molecular flexibility index (Phi) is 4.74. The van der Waals surface area contributed by atoms with E-state index in [1.807, 2.05) is 24.3 Å². The highest BCUT2D eigenvalue weighted by Gasteiger charge is 2.21. The van der Waals surface area contributed by atoms with Gasteiger partial charge in [-0.05, 0) is 50.5 Å². The van der Waals surface area contributed by atoms with Crippen molar-refractivity contribution < 1.29 is 4.90 Å². The molecule has 0 bridgehead atoms. The molecule has 4 nitrogen and oxygen atoms in total. The van der Waals surface area contributed by atoms with E-state index in [0.29, 0.717) is 11.3 Å². The number of hydrogen-bond acceptors (Lipinski definition) is 2. The number of quaternary nitrogens is 1. The van der Waals surface area contributed by atoms with E-state index in [9.17, 15) is 4.79 Å². The van der Waals surface area contributed by atoms with Gasteiger partial charge in [0.1, 0.15) is 0 Å². The fourth-order valence-electron chi connectivity index (χ4n) is 3.49. The lowest BCUT2D eigenvalue weighted by Crippen LogP contribution is -3.16. The van der Waals surface area contributed by atoms with Crippen LogP contribution in [0.3, 0.4) is 0 Å². The topological polar surface area (TPSA) is 42.2 Å². The van der Waals surface area contributed by atoms with Crippen molar-refractivity contribution in [2.45, 2.75) is 45.2 Å². The first-order valence-electron chi connectivity index (χ1n) is 8.23. The molecule has 1 aliphatic heterocycles. The minimum atomic E-state index is 0.0287. The van der Waals surface area contributed by atoms with Crippen molar-refractivity contribution in [3.63, 3.8) is 0 Å². The standard InChI is InChI=1S/C17H23N3OS/c1-13-7-4-5-10-19(13)11-6-12-20-16(21)14-8-2-3-9-15(14)18-17(20)22/h2-3,8-9,13H,4-7,10-12H2,1H3,(H,18,22)/p+1/t13-/m1/s1. The molecule has 118 valence electrons. The first-order valence-corrected chi connectivity index (χ1v) is 8.64. The molecule has 2 heterocycles. The number of fused-ring (bicyclic) bond motifs is 1. The summed E-state index contributed by atoms with van der Waals surface area (Å²) >= 11 is 5.36. The van der Waals surface area contributed by atoms with E-state index >= 15 is 0 Å². The summed E-state index contributed by atoms with van der Waals surface area (Å²) in [5.41, 5.74) is 0.852. The zero-order chi connectivity index (χ0) is 15.5. The summed E-state index contributed by atoms with van der Waals surface area (Å²) in [6.45, 7) is 5.42. The SMILES string of the molecule is C[C@@H]1CCCC[NH+]1CCCn1c(=S)[nH]c2ccccc2c1=O. The minimum absolute atomic E-state index is 0.0287. The Labute approximate surface area is 135 Å². The quantitative estimate of drug-likeness (QED) is 0.846. The smallest absolute Gasteiger partial charge is 0.262 e. The third kappa shape index (κ3) is 3.15. The Morgan fingerprint density at radius 2 is 2.18 bits per heavy atom. The number of benzene rings is 1. The van der Waals surface area contributed by atoms with Gasteiger partial charge in [0.25, 0.3) is 5.56 Å². The van der Waals surface area contributed by atoms with E-state index in [1.165, 1.54) is 25.8 Å². The van der Waals surface area contributed by atoms with Gasteiger partial charge in [0.2, 0.25) is 0 Å². The second-order valence-corrected chi connectivity index (χ2v) is 6.73. The lowest BCUT2D eigenvalue weighted by atomic mass is 10.0. The Morgan fingerprint density at radius 3 is 3.00 bits per heavy atom. The number of likely N-dealkylation sites (tertiary alicyclic amines) is 1. The summed E-state index contributed by atoms with van der Waals surface area (Å²) in [6, 6.07) is 8.31. The van der Waals surface area contributed by atoms with Gasteiger partial charge in [-0.1, -0.05) is 12.1 Å². The van der Waals surface area contributed by atoms with Crippen LogP contribution in [0.15, 0.2) is 29.1 Å². The lowest BCUT2D eigenvalue weighted by molar-refractivity contribution is -0.928. The van der Waals surface area contributed by atoms with Crippen molar-refractivity contribution in [2.24, 2.45) is 0 Å². The van der Waals surface area contributed by atoms with E-state index in [2.05, 4.69) is 11.9 Å². The zero-order valence-electron chi connectivity index (χ0n) is 13.1. The summed E-state index contributed by atoms with van der Waals surface area (Å²) in [4.78, 5) is 17.4. The van der Waals surface area contributed by atoms with Gasteiger partial charge in [0.15, 0.2) is 4.77 Å². The molecule has 3 rings (SSSR count). The van der Waals surface area contributed by atoms with Crippen LogP contribution in [0.2, 0.25) is 0 Å². The van der Waals surface area contributed by atoms with E-state index in [0.717, 1.165) is 29.9 Å². The number of nitrogens with zero attached hydrogens (tertiary/aromatic N) is 1. The van der Waals surface area contributed by atoms with Gasteiger partial charge in [-0.15, -0.1) is 0 Å². The molecule has 22 heavy (non-hydrogen) atoms. The normalized spacial score (nSPS) is 22.0. The highest BCUT2D eigenvalue weighted by atomic mass is 32.1. The lowest BCUT2D eigenvalue weighted by Gasteiger charge is -2.30. The van der Waals surface area contributed by atoms with Gasteiger partial charge in [-0.2, -0.15) is 0 Å². The maximum Gasteiger partial charge on any atom is 0.262 e. The molecular formula is C17H24N3OS+. The van der Waals surface area contributed by atoms with Crippen LogP contribution in [-0.4, -0.2) is 28.7 Å².